The van der Waals surface area contributed by atoms with Crippen molar-refractivity contribution in [1.29, 1.82) is 0 Å². The molecule has 4 rings (SSSR count). The molecule has 1 fully saturated rings. The number of ether oxygens (including phenoxy) is 1. The van der Waals surface area contributed by atoms with E-state index in [1.54, 1.807) is 6.20 Å². The van der Waals surface area contributed by atoms with E-state index in [9.17, 15) is 0 Å². The number of anilines is 2. The van der Waals surface area contributed by atoms with Gasteiger partial charge in [-0.3, -0.25) is 0 Å². The molecule has 0 radical (unpaired) electrons. The van der Waals surface area contributed by atoms with E-state index in [1.807, 2.05) is 29.8 Å². The van der Waals surface area contributed by atoms with E-state index in [0.29, 0.717) is 12.6 Å². The third-order valence-electron chi connectivity index (χ3n) is 5.44. The van der Waals surface area contributed by atoms with Gasteiger partial charge in [0.05, 0.1) is 12.6 Å². The van der Waals surface area contributed by atoms with E-state index in [2.05, 4.69) is 41.4 Å². The summed E-state index contributed by atoms with van der Waals surface area (Å²) in [6.45, 7) is 7.84. The van der Waals surface area contributed by atoms with Crippen molar-refractivity contribution < 1.29 is 4.74 Å². The number of hydrogen-bond donors (Lipinski definition) is 2. The van der Waals surface area contributed by atoms with Gasteiger partial charge in [0.2, 0.25) is 0 Å². The van der Waals surface area contributed by atoms with Crippen LogP contribution in [0, 0.1) is 0 Å². The third-order valence-corrected chi connectivity index (χ3v) is 5.44. The average Bonchev–Trinajstić information content (AvgIpc) is 3.34. The molecule has 3 aromatic heterocycles. The number of aromatic nitrogens is 5. The van der Waals surface area contributed by atoms with Crippen LogP contribution in [0.4, 0.5) is 11.6 Å². The standard InChI is InChI=1S/C22H31N7O/c1-14(2)21-27-18(12-19(28-21)25-15(3)11-16-7-6-10-30-16)24-13-20-26-17-8-5-9-23-22(17)29(20)4/h5,8-9,12,14-16H,6-7,10-11,13H2,1-4H3,(H2,24,25,27,28). The van der Waals surface area contributed by atoms with Crippen LogP contribution in [-0.4, -0.2) is 43.3 Å². The molecule has 1 aliphatic heterocycles. The van der Waals surface area contributed by atoms with E-state index >= 15 is 0 Å². The summed E-state index contributed by atoms with van der Waals surface area (Å²) >= 11 is 0. The Kier molecular flexibility index (Phi) is 6.13. The van der Waals surface area contributed by atoms with E-state index in [0.717, 1.165) is 60.3 Å². The highest BCUT2D eigenvalue weighted by molar-refractivity contribution is 5.71. The molecule has 3 aromatic rings. The summed E-state index contributed by atoms with van der Waals surface area (Å²) in [4.78, 5) is 18.5. The summed E-state index contributed by atoms with van der Waals surface area (Å²) in [5, 5.41) is 6.95. The van der Waals surface area contributed by atoms with Crippen LogP contribution < -0.4 is 10.6 Å². The molecule has 2 atom stereocenters. The van der Waals surface area contributed by atoms with Gasteiger partial charge in [-0.15, -0.1) is 0 Å². The van der Waals surface area contributed by atoms with Crippen molar-refractivity contribution in [1.82, 2.24) is 24.5 Å². The molecular formula is C22H31N7O. The number of fused-ring (bicyclic) bond motifs is 1. The number of imidazole rings is 1. The van der Waals surface area contributed by atoms with Crippen molar-refractivity contribution in [3.63, 3.8) is 0 Å². The maximum Gasteiger partial charge on any atom is 0.159 e. The fourth-order valence-corrected chi connectivity index (χ4v) is 3.82. The Balaban J connectivity index is 1.48. The first kappa shape index (κ1) is 20.5. The largest absolute Gasteiger partial charge is 0.378 e. The molecule has 1 saturated heterocycles. The molecule has 2 unspecified atom stereocenters. The molecule has 4 heterocycles. The van der Waals surface area contributed by atoms with E-state index < -0.39 is 0 Å². The van der Waals surface area contributed by atoms with Gasteiger partial charge < -0.3 is 19.9 Å². The van der Waals surface area contributed by atoms with Gasteiger partial charge in [0.15, 0.2) is 5.65 Å². The van der Waals surface area contributed by atoms with Gasteiger partial charge in [-0.2, -0.15) is 0 Å². The molecule has 0 spiro atoms. The lowest BCUT2D eigenvalue weighted by atomic mass is 10.1. The van der Waals surface area contributed by atoms with Crippen molar-refractivity contribution in [3.05, 3.63) is 36.0 Å². The van der Waals surface area contributed by atoms with Crippen LogP contribution in [0.15, 0.2) is 24.4 Å². The molecule has 160 valence electrons. The quantitative estimate of drug-likeness (QED) is 0.584. The normalized spacial score (nSPS) is 17.6. The summed E-state index contributed by atoms with van der Waals surface area (Å²) in [7, 11) is 1.98. The SMILES string of the molecule is CC(CC1CCCO1)Nc1cc(NCc2nc3cccnc3n2C)nc(C(C)C)n1. The monoisotopic (exact) mass is 409 g/mol. The zero-order valence-electron chi connectivity index (χ0n) is 18.2. The molecule has 0 aromatic carbocycles. The first-order chi connectivity index (χ1) is 14.5. The maximum absolute atomic E-state index is 5.77. The van der Waals surface area contributed by atoms with Crippen LogP contribution in [0.5, 0.6) is 0 Å². The zero-order valence-corrected chi connectivity index (χ0v) is 18.2. The highest BCUT2D eigenvalue weighted by Gasteiger charge is 2.19. The average molecular weight is 410 g/mol. The van der Waals surface area contributed by atoms with Gasteiger partial charge in [0, 0.05) is 37.9 Å². The number of nitrogens with zero attached hydrogens (tertiary/aromatic N) is 5. The summed E-state index contributed by atoms with van der Waals surface area (Å²) in [5.41, 5.74) is 1.78. The van der Waals surface area contributed by atoms with Gasteiger partial charge >= 0.3 is 0 Å². The smallest absolute Gasteiger partial charge is 0.159 e. The predicted octanol–water partition coefficient (Wildman–Crippen LogP) is 3.86. The van der Waals surface area contributed by atoms with Crippen LogP contribution in [0.1, 0.15) is 57.6 Å². The zero-order chi connectivity index (χ0) is 21.1. The van der Waals surface area contributed by atoms with Crippen LogP contribution in [0.25, 0.3) is 11.2 Å². The second-order valence-corrected chi connectivity index (χ2v) is 8.35. The Morgan fingerprint density at radius 3 is 2.77 bits per heavy atom. The van der Waals surface area contributed by atoms with Gasteiger partial charge in [0.1, 0.15) is 28.8 Å². The lowest BCUT2D eigenvalue weighted by Gasteiger charge is -2.19. The summed E-state index contributed by atoms with van der Waals surface area (Å²) in [5.74, 6) is 3.60. The fraction of sp³-hybridized carbons (Fsp3) is 0.545. The minimum absolute atomic E-state index is 0.237. The summed E-state index contributed by atoms with van der Waals surface area (Å²) in [6.07, 6.45) is 5.43. The number of aryl methyl sites for hydroxylation is 1. The fourth-order valence-electron chi connectivity index (χ4n) is 3.82. The van der Waals surface area contributed by atoms with Crippen molar-refractivity contribution in [2.75, 3.05) is 17.2 Å². The van der Waals surface area contributed by atoms with Crippen molar-refractivity contribution in [2.24, 2.45) is 7.05 Å². The summed E-state index contributed by atoms with van der Waals surface area (Å²) in [6, 6.07) is 6.13. The lowest BCUT2D eigenvalue weighted by molar-refractivity contribution is 0.101. The Morgan fingerprint density at radius 2 is 2.03 bits per heavy atom. The van der Waals surface area contributed by atoms with Crippen LogP contribution in [-0.2, 0) is 18.3 Å². The van der Waals surface area contributed by atoms with Crippen molar-refractivity contribution in [2.45, 2.75) is 64.6 Å². The predicted molar refractivity (Wildman–Crippen MR) is 119 cm³/mol. The molecule has 8 nitrogen and oxygen atoms in total. The van der Waals surface area contributed by atoms with Crippen LogP contribution in [0.2, 0.25) is 0 Å². The van der Waals surface area contributed by atoms with E-state index in [1.165, 1.54) is 0 Å². The van der Waals surface area contributed by atoms with Crippen LogP contribution in [0.3, 0.4) is 0 Å². The molecule has 0 aliphatic carbocycles. The van der Waals surface area contributed by atoms with E-state index in [4.69, 9.17) is 14.7 Å². The number of rotatable bonds is 8. The Morgan fingerprint density at radius 1 is 1.20 bits per heavy atom. The molecule has 0 amide bonds. The molecule has 0 saturated carbocycles. The molecule has 2 N–H and O–H groups in total. The number of pyridine rings is 1. The molecule has 1 aliphatic rings. The first-order valence-corrected chi connectivity index (χ1v) is 10.8. The highest BCUT2D eigenvalue weighted by Crippen LogP contribution is 2.22. The molecular weight excluding hydrogens is 378 g/mol. The molecule has 30 heavy (non-hydrogen) atoms. The summed E-state index contributed by atoms with van der Waals surface area (Å²) < 4.78 is 7.78. The Labute approximate surface area is 177 Å². The second kappa shape index (κ2) is 8.95. The molecule has 0 bridgehead atoms. The van der Waals surface area contributed by atoms with Gasteiger partial charge in [-0.05, 0) is 38.3 Å². The minimum atomic E-state index is 0.237. The lowest BCUT2D eigenvalue weighted by Crippen LogP contribution is -2.23. The number of hydrogen-bond acceptors (Lipinski definition) is 7. The van der Waals surface area contributed by atoms with E-state index in [-0.39, 0.29) is 12.0 Å². The van der Waals surface area contributed by atoms with Gasteiger partial charge in [-0.1, -0.05) is 13.8 Å². The maximum atomic E-state index is 5.77. The van der Waals surface area contributed by atoms with Crippen molar-refractivity contribution in [3.8, 4) is 0 Å². The highest BCUT2D eigenvalue weighted by atomic mass is 16.5. The first-order valence-electron chi connectivity index (χ1n) is 10.8. The van der Waals surface area contributed by atoms with Gasteiger partial charge in [0.25, 0.3) is 0 Å². The van der Waals surface area contributed by atoms with Crippen molar-refractivity contribution >= 4 is 22.8 Å². The molecule has 8 heteroatoms. The third kappa shape index (κ3) is 4.70. The topological polar surface area (TPSA) is 89.8 Å². The van der Waals surface area contributed by atoms with Gasteiger partial charge in [-0.25, -0.2) is 19.9 Å². The minimum Gasteiger partial charge on any atom is -0.378 e. The number of nitrogens with one attached hydrogen (secondary N) is 2. The van der Waals surface area contributed by atoms with Crippen LogP contribution >= 0.6 is 0 Å². The Bertz CT molecular complexity index is 994. The second-order valence-electron chi connectivity index (χ2n) is 8.35. The Hall–Kier alpha value is -2.74.